The van der Waals surface area contributed by atoms with Crippen LogP contribution in [-0.2, 0) is 13.1 Å². The first kappa shape index (κ1) is 14.3. The molecule has 0 spiro atoms. The zero-order valence-electron chi connectivity index (χ0n) is 11.8. The van der Waals surface area contributed by atoms with E-state index in [0.717, 1.165) is 17.0 Å². The molecule has 1 heterocycles. The van der Waals surface area contributed by atoms with Gasteiger partial charge in [-0.15, -0.1) is 0 Å². The molecule has 1 aromatic heterocycles. The number of nitrogens with zero attached hydrogens (tertiary/aromatic N) is 2. The maximum absolute atomic E-state index is 11.9. The van der Waals surface area contributed by atoms with E-state index in [-0.39, 0.29) is 5.56 Å². The van der Waals surface area contributed by atoms with Crippen molar-refractivity contribution in [3.05, 3.63) is 57.8 Å². The predicted octanol–water partition coefficient (Wildman–Crippen LogP) is 1.40. The molecular weight excluding hydrogens is 254 g/mol. The second-order valence-electron chi connectivity index (χ2n) is 4.63. The minimum atomic E-state index is -0.0469. The highest BCUT2D eigenvalue weighted by Crippen LogP contribution is 2.12. The fraction of sp³-hybridized carbons (Fsp3) is 0.333. The van der Waals surface area contributed by atoms with Gasteiger partial charge >= 0.3 is 0 Å². The molecule has 0 aliphatic rings. The van der Waals surface area contributed by atoms with Crippen LogP contribution in [0.4, 0.5) is 0 Å². The summed E-state index contributed by atoms with van der Waals surface area (Å²) in [4.78, 5) is 16.1. The first-order valence-corrected chi connectivity index (χ1v) is 6.57. The Bertz CT molecular complexity index is 650. The van der Waals surface area contributed by atoms with E-state index >= 15 is 0 Å². The second kappa shape index (κ2) is 6.34. The number of aryl methyl sites for hydroxylation is 2. The van der Waals surface area contributed by atoms with E-state index in [1.807, 2.05) is 38.1 Å². The summed E-state index contributed by atoms with van der Waals surface area (Å²) < 4.78 is 7.26. The topological polar surface area (TPSA) is 70.1 Å². The summed E-state index contributed by atoms with van der Waals surface area (Å²) >= 11 is 0. The van der Waals surface area contributed by atoms with E-state index in [0.29, 0.717) is 25.5 Å². The Morgan fingerprint density at radius 1 is 1.30 bits per heavy atom. The van der Waals surface area contributed by atoms with E-state index in [9.17, 15) is 4.79 Å². The lowest BCUT2D eigenvalue weighted by molar-refractivity contribution is 0.293. The molecule has 0 aliphatic heterocycles. The molecule has 0 saturated carbocycles. The van der Waals surface area contributed by atoms with Gasteiger partial charge in [-0.05, 0) is 31.5 Å². The van der Waals surface area contributed by atoms with Gasteiger partial charge in [-0.25, -0.2) is 4.98 Å². The molecule has 0 atom stereocenters. The van der Waals surface area contributed by atoms with Gasteiger partial charge in [0.2, 0.25) is 0 Å². The molecule has 5 nitrogen and oxygen atoms in total. The van der Waals surface area contributed by atoms with Crippen LogP contribution < -0.4 is 16.0 Å². The van der Waals surface area contributed by atoms with Crippen LogP contribution in [0.5, 0.6) is 5.75 Å². The molecule has 20 heavy (non-hydrogen) atoms. The quantitative estimate of drug-likeness (QED) is 0.894. The highest BCUT2D eigenvalue weighted by Gasteiger charge is 2.03. The zero-order chi connectivity index (χ0) is 14.5. The van der Waals surface area contributed by atoms with Crippen molar-refractivity contribution in [1.82, 2.24) is 9.55 Å². The van der Waals surface area contributed by atoms with Gasteiger partial charge in [-0.3, -0.25) is 9.36 Å². The Labute approximate surface area is 118 Å². The largest absolute Gasteiger partial charge is 0.492 e. The molecule has 2 aromatic rings. The number of benzene rings is 1. The number of nitrogens with two attached hydrogens (primary N) is 1. The van der Waals surface area contributed by atoms with Gasteiger partial charge in [0.05, 0.1) is 6.54 Å². The van der Waals surface area contributed by atoms with Crippen molar-refractivity contribution < 1.29 is 4.74 Å². The summed E-state index contributed by atoms with van der Waals surface area (Å²) in [5, 5.41) is 0. The third kappa shape index (κ3) is 3.45. The van der Waals surface area contributed by atoms with E-state index in [1.54, 1.807) is 4.57 Å². The van der Waals surface area contributed by atoms with Crippen LogP contribution in [0.25, 0.3) is 0 Å². The minimum Gasteiger partial charge on any atom is -0.492 e. The average Bonchev–Trinajstić information content (AvgIpc) is 2.42. The van der Waals surface area contributed by atoms with Gasteiger partial charge in [0.1, 0.15) is 18.2 Å². The molecule has 5 heteroatoms. The fourth-order valence-electron chi connectivity index (χ4n) is 2.05. The fourth-order valence-corrected chi connectivity index (χ4v) is 2.05. The Balaban J connectivity index is 2.01. The Kier molecular flexibility index (Phi) is 4.53. The highest BCUT2D eigenvalue weighted by atomic mass is 16.5. The third-order valence-electron chi connectivity index (χ3n) is 3.04. The SMILES string of the molecule is Cc1cc(=O)n(CCOc2cccc(CN)c2)c(C)n1. The molecule has 0 bridgehead atoms. The van der Waals surface area contributed by atoms with Crippen LogP contribution in [0.3, 0.4) is 0 Å². The lowest BCUT2D eigenvalue weighted by atomic mass is 10.2. The van der Waals surface area contributed by atoms with Crippen molar-refractivity contribution in [1.29, 1.82) is 0 Å². The molecule has 0 aliphatic carbocycles. The minimum absolute atomic E-state index is 0.0469. The second-order valence-corrected chi connectivity index (χ2v) is 4.63. The Hall–Kier alpha value is -2.14. The molecule has 2 N–H and O–H groups in total. The number of hydrogen-bond donors (Lipinski definition) is 1. The molecule has 1 aromatic carbocycles. The van der Waals surface area contributed by atoms with Gasteiger partial charge in [0.25, 0.3) is 5.56 Å². The molecule has 2 rings (SSSR count). The third-order valence-corrected chi connectivity index (χ3v) is 3.04. The van der Waals surface area contributed by atoms with Crippen LogP contribution in [0, 0.1) is 13.8 Å². The number of hydrogen-bond acceptors (Lipinski definition) is 4. The Morgan fingerprint density at radius 2 is 2.10 bits per heavy atom. The van der Waals surface area contributed by atoms with Gasteiger partial charge in [-0.2, -0.15) is 0 Å². The van der Waals surface area contributed by atoms with Crippen molar-refractivity contribution in [2.45, 2.75) is 26.9 Å². The summed E-state index contributed by atoms with van der Waals surface area (Å²) in [6.45, 7) is 5.01. The summed E-state index contributed by atoms with van der Waals surface area (Å²) in [6.07, 6.45) is 0. The van der Waals surface area contributed by atoms with Crippen molar-refractivity contribution in [2.24, 2.45) is 5.73 Å². The first-order chi connectivity index (χ1) is 9.60. The standard InChI is InChI=1S/C15H19N3O2/c1-11-8-15(19)18(12(2)17-11)6-7-20-14-5-3-4-13(9-14)10-16/h3-5,8-9H,6-7,10,16H2,1-2H3. The van der Waals surface area contributed by atoms with Crippen LogP contribution in [0.2, 0.25) is 0 Å². The molecule has 106 valence electrons. The summed E-state index contributed by atoms with van der Waals surface area (Å²) in [5.41, 5.74) is 7.29. The van der Waals surface area contributed by atoms with E-state index in [1.165, 1.54) is 6.07 Å². The monoisotopic (exact) mass is 273 g/mol. The zero-order valence-corrected chi connectivity index (χ0v) is 11.8. The number of ether oxygens (including phenoxy) is 1. The van der Waals surface area contributed by atoms with Gasteiger partial charge < -0.3 is 10.5 Å². The summed E-state index contributed by atoms with van der Waals surface area (Å²) in [7, 11) is 0. The molecule has 0 unspecified atom stereocenters. The molecule has 0 radical (unpaired) electrons. The Morgan fingerprint density at radius 3 is 2.80 bits per heavy atom. The molecule has 0 fully saturated rings. The van der Waals surface area contributed by atoms with E-state index < -0.39 is 0 Å². The van der Waals surface area contributed by atoms with Crippen LogP contribution in [-0.4, -0.2) is 16.2 Å². The predicted molar refractivity (Wildman–Crippen MR) is 77.8 cm³/mol. The summed E-state index contributed by atoms with van der Waals surface area (Å²) in [6, 6.07) is 9.17. The molecule has 0 saturated heterocycles. The van der Waals surface area contributed by atoms with Crippen molar-refractivity contribution in [2.75, 3.05) is 6.61 Å². The lowest BCUT2D eigenvalue weighted by Crippen LogP contribution is -2.26. The van der Waals surface area contributed by atoms with Crippen molar-refractivity contribution in [3.63, 3.8) is 0 Å². The van der Waals surface area contributed by atoms with Crippen LogP contribution in [0.1, 0.15) is 17.1 Å². The normalized spacial score (nSPS) is 10.6. The summed E-state index contributed by atoms with van der Waals surface area (Å²) in [5.74, 6) is 1.47. The highest BCUT2D eigenvalue weighted by molar-refractivity contribution is 5.28. The maximum atomic E-state index is 11.9. The van der Waals surface area contributed by atoms with Crippen molar-refractivity contribution in [3.8, 4) is 5.75 Å². The van der Waals surface area contributed by atoms with E-state index in [2.05, 4.69) is 4.98 Å². The van der Waals surface area contributed by atoms with Gasteiger partial charge in [0, 0.05) is 18.3 Å². The van der Waals surface area contributed by atoms with E-state index in [4.69, 9.17) is 10.5 Å². The van der Waals surface area contributed by atoms with Crippen LogP contribution in [0.15, 0.2) is 35.1 Å². The molecular formula is C15H19N3O2. The average molecular weight is 273 g/mol. The smallest absolute Gasteiger partial charge is 0.253 e. The van der Waals surface area contributed by atoms with Crippen LogP contribution >= 0.6 is 0 Å². The van der Waals surface area contributed by atoms with Crippen molar-refractivity contribution >= 4 is 0 Å². The number of rotatable bonds is 5. The first-order valence-electron chi connectivity index (χ1n) is 6.57. The van der Waals surface area contributed by atoms with Gasteiger partial charge in [-0.1, -0.05) is 12.1 Å². The maximum Gasteiger partial charge on any atom is 0.253 e. The lowest BCUT2D eigenvalue weighted by Gasteiger charge is -2.11. The number of aromatic nitrogens is 2. The van der Waals surface area contributed by atoms with Gasteiger partial charge in [0.15, 0.2) is 0 Å². The molecule has 0 amide bonds.